The first-order valence-corrected chi connectivity index (χ1v) is 6.13. The number of hydrogen-bond acceptors (Lipinski definition) is 5. The van der Waals surface area contributed by atoms with E-state index in [1.807, 2.05) is 4.98 Å². The van der Waals surface area contributed by atoms with Crippen LogP contribution in [0, 0.1) is 3.57 Å². The summed E-state index contributed by atoms with van der Waals surface area (Å²) < 4.78 is 19.9. The lowest BCUT2D eigenvalue weighted by atomic mass is 10.1. The van der Waals surface area contributed by atoms with Gasteiger partial charge >= 0.3 is 5.69 Å². The summed E-state index contributed by atoms with van der Waals surface area (Å²) in [6, 6.07) is 0. The van der Waals surface area contributed by atoms with Gasteiger partial charge in [-0.15, -0.1) is 0 Å². The molecule has 0 aromatic carbocycles. The van der Waals surface area contributed by atoms with Gasteiger partial charge in [-0.2, -0.15) is 0 Å². The Morgan fingerprint density at radius 3 is 2.78 bits per heavy atom. The van der Waals surface area contributed by atoms with Gasteiger partial charge in [-0.25, -0.2) is 9.18 Å². The van der Waals surface area contributed by atoms with Crippen LogP contribution in [0.15, 0.2) is 15.8 Å². The van der Waals surface area contributed by atoms with Crippen molar-refractivity contribution in [3.63, 3.8) is 0 Å². The molecule has 0 radical (unpaired) electrons. The fraction of sp³-hybridized carbons (Fsp3) is 0.556. The van der Waals surface area contributed by atoms with Crippen LogP contribution in [-0.4, -0.2) is 44.8 Å². The molecule has 1 aliphatic rings. The molecular formula is C9H10FIN2O5. The lowest BCUT2D eigenvalue weighted by molar-refractivity contribution is -0.0492. The summed E-state index contributed by atoms with van der Waals surface area (Å²) in [4.78, 5) is 24.7. The Kier molecular flexibility index (Phi) is 3.84. The van der Waals surface area contributed by atoms with Crippen molar-refractivity contribution in [2.45, 2.75) is 24.6 Å². The average Bonchev–Trinajstić information content (AvgIpc) is 2.61. The Morgan fingerprint density at radius 2 is 2.22 bits per heavy atom. The minimum absolute atomic E-state index is 0.185. The average molecular weight is 372 g/mol. The van der Waals surface area contributed by atoms with Gasteiger partial charge in [0.1, 0.15) is 12.2 Å². The molecule has 0 unspecified atom stereocenters. The predicted octanol–water partition coefficient (Wildman–Crippen LogP) is -1.27. The van der Waals surface area contributed by atoms with E-state index in [2.05, 4.69) is 0 Å². The van der Waals surface area contributed by atoms with Gasteiger partial charge in [0.2, 0.25) is 0 Å². The maximum absolute atomic E-state index is 13.8. The van der Waals surface area contributed by atoms with Crippen molar-refractivity contribution in [3.8, 4) is 0 Å². The lowest BCUT2D eigenvalue weighted by Gasteiger charge is -2.15. The second-order valence-electron chi connectivity index (χ2n) is 3.83. The first-order chi connectivity index (χ1) is 8.45. The van der Waals surface area contributed by atoms with E-state index in [1.165, 1.54) is 0 Å². The highest BCUT2D eigenvalue weighted by Gasteiger charge is 2.45. The van der Waals surface area contributed by atoms with Crippen molar-refractivity contribution in [3.05, 3.63) is 30.6 Å². The van der Waals surface area contributed by atoms with E-state index >= 15 is 0 Å². The summed E-state index contributed by atoms with van der Waals surface area (Å²) in [5, 5.41) is 18.3. The van der Waals surface area contributed by atoms with Gasteiger partial charge in [-0.1, -0.05) is 0 Å². The third-order valence-electron chi connectivity index (χ3n) is 2.67. The number of nitrogens with one attached hydrogen (secondary N) is 1. The number of aliphatic hydroxyl groups excluding tert-OH is 2. The summed E-state index contributed by atoms with van der Waals surface area (Å²) in [5.41, 5.74) is -1.41. The SMILES string of the molecule is O=c1[nH]c(=O)n([C@H]2O[C@H](CO)[C@@H](O)[C@@H]2F)cc1I. The van der Waals surface area contributed by atoms with Crippen molar-refractivity contribution in [2.75, 3.05) is 6.61 Å². The molecule has 1 fully saturated rings. The monoisotopic (exact) mass is 372 g/mol. The van der Waals surface area contributed by atoms with Crippen LogP contribution in [0.3, 0.4) is 0 Å². The highest BCUT2D eigenvalue weighted by atomic mass is 127. The zero-order valence-corrected chi connectivity index (χ0v) is 11.1. The maximum atomic E-state index is 13.8. The van der Waals surface area contributed by atoms with Crippen LogP contribution in [0.5, 0.6) is 0 Å². The summed E-state index contributed by atoms with van der Waals surface area (Å²) in [6.45, 7) is -0.562. The minimum atomic E-state index is -1.86. The van der Waals surface area contributed by atoms with Crippen molar-refractivity contribution < 1.29 is 19.3 Å². The number of aromatic nitrogens is 2. The van der Waals surface area contributed by atoms with Gasteiger partial charge in [-0.05, 0) is 22.6 Å². The molecule has 100 valence electrons. The van der Waals surface area contributed by atoms with E-state index in [-0.39, 0.29) is 3.57 Å². The lowest BCUT2D eigenvalue weighted by Crippen LogP contribution is -2.37. The standard InChI is InChI=1S/C9H10FIN2O5/c10-5-6(15)4(2-14)18-8(5)13-1-3(11)7(16)12-9(13)17/h1,4-6,8,14-15H,2H2,(H,12,16,17)/t4-,5+,6-,8+/m1/s1. The zero-order chi connectivity index (χ0) is 13.4. The molecular weight excluding hydrogens is 362 g/mol. The predicted molar refractivity (Wildman–Crippen MR) is 65.9 cm³/mol. The molecule has 2 rings (SSSR count). The van der Waals surface area contributed by atoms with Gasteiger partial charge in [0.05, 0.1) is 10.2 Å². The fourth-order valence-electron chi connectivity index (χ4n) is 1.73. The van der Waals surface area contributed by atoms with Gasteiger partial charge in [0.15, 0.2) is 12.4 Å². The van der Waals surface area contributed by atoms with E-state index in [0.29, 0.717) is 0 Å². The van der Waals surface area contributed by atoms with E-state index in [0.717, 1.165) is 10.8 Å². The molecule has 4 atom stereocenters. The topological polar surface area (TPSA) is 105 Å². The summed E-state index contributed by atoms with van der Waals surface area (Å²) >= 11 is 1.69. The minimum Gasteiger partial charge on any atom is -0.394 e. The Balaban J connectivity index is 2.42. The molecule has 0 saturated carbocycles. The molecule has 18 heavy (non-hydrogen) atoms. The number of nitrogens with zero attached hydrogens (tertiary/aromatic N) is 1. The van der Waals surface area contributed by atoms with Gasteiger partial charge in [-0.3, -0.25) is 14.3 Å². The number of halogens is 2. The molecule has 3 N–H and O–H groups in total. The van der Waals surface area contributed by atoms with Crippen LogP contribution < -0.4 is 11.2 Å². The number of rotatable bonds is 2. The fourth-order valence-corrected chi connectivity index (χ4v) is 2.16. The molecule has 1 aromatic heterocycles. The van der Waals surface area contributed by atoms with Crippen LogP contribution in [-0.2, 0) is 4.74 Å². The van der Waals surface area contributed by atoms with Crippen LogP contribution in [0.2, 0.25) is 0 Å². The normalized spacial score (nSPS) is 31.8. The van der Waals surface area contributed by atoms with E-state index in [1.54, 1.807) is 22.6 Å². The smallest absolute Gasteiger partial charge is 0.330 e. The molecule has 0 bridgehead atoms. The molecule has 0 aliphatic carbocycles. The largest absolute Gasteiger partial charge is 0.394 e. The van der Waals surface area contributed by atoms with E-state index in [4.69, 9.17) is 9.84 Å². The molecule has 7 nitrogen and oxygen atoms in total. The number of aromatic amines is 1. The highest BCUT2D eigenvalue weighted by Crippen LogP contribution is 2.30. The zero-order valence-electron chi connectivity index (χ0n) is 8.92. The Hall–Kier alpha value is -0.780. The van der Waals surface area contributed by atoms with Crippen molar-refractivity contribution >= 4 is 22.6 Å². The molecule has 9 heteroatoms. The summed E-state index contributed by atoms with van der Waals surface area (Å²) in [6.07, 6.45) is -4.69. The molecule has 2 heterocycles. The molecule has 1 aromatic rings. The number of H-pyrrole nitrogens is 1. The number of ether oxygens (including phenoxy) is 1. The Labute approximate surface area is 113 Å². The first-order valence-electron chi connectivity index (χ1n) is 5.05. The maximum Gasteiger partial charge on any atom is 0.330 e. The highest BCUT2D eigenvalue weighted by molar-refractivity contribution is 14.1. The van der Waals surface area contributed by atoms with Crippen LogP contribution in [0.1, 0.15) is 6.23 Å². The Bertz CT molecular complexity index is 559. The van der Waals surface area contributed by atoms with Crippen molar-refractivity contribution in [2.24, 2.45) is 0 Å². The number of alkyl halides is 1. The molecule has 1 aliphatic heterocycles. The number of aliphatic hydroxyl groups is 2. The molecule has 0 spiro atoms. The quantitative estimate of drug-likeness (QED) is 0.562. The summed E-state index contributed by atoms with van der Waals surface area (Å²) in [5.74, 6) is 0. The molecule has 1 saturated heterocycles. The van der Waals surface area contributed by atoms with E-state index in [9.17, 15) is 19.1 Å². The van der Waals surface area contributed by atoms with E-state index < -0.39 is 42.5 Å². The van der Waals surface area contributed by atoms with Gasteiger partial charge in [0.25, 0.3) is 5.56 Å². The van der Waals surface area contributed by atoms with Crippen LogP contribution >= 0.6 is 22.6 Å². The van der Waals surface area contributed by atoms with Crippen molar-refractivity contribution in [1.29, 1.82) is 0 Å². The third kappa shape index (κ3) is 2.22. The second-order valence-corrected chi connectivity index (χ2v) is 4.99. The number of hydrogen-bond donors (Lipinski definition) is 3. The van der Waals surface area contributed by atoms with Crippen molar-refractivity contribution in [1.82, 2.24) is 9.55 Å². The molecule has 0 amide bonds. The van der Waals surface area contributed by atoms with Crippen LogP contribution in [0.4, 0.5) is 4.39 Å². The third-order valence-corrected chi connectivity index (χ3v) is 3.44. The van der Waals surface area contributed by atoms with Gasteiger partial charge in [0, 0.05) is 6.20 Å². The second kappa shape index (κ2) is 5.07. The van der Waals surface area contributed by atoms with Crippen LogP contribution in [0.25, 0.3) is 0 Å². The van der Waals surface area contributed by atoms with Gasteiger partial charge < -0.3 is 14.9 Å². The first kappa shape index (κ1) is 13.6. The summed E-state index contributed by atoms with van der Waals surface area (Å²) in [7, 11) is 0. The Morgan fingerprint density at radius 1 is 1.56 bits per heavy atom.